The number of aliphatic hydroxyl groups is 1. The van der Waals surface area contributed by atoms with Crippen molar-refractivity contribution < 1.29 is 9.84 Å². The van der Waals surface area contributed by atoms with Crippen LogP contribution in [0.3, 0.4) is 0 Å². The van der Waals surface area contributed by atoms with Gasteiger partial charge in [-0.2, -0.15) is 5.26 Å². The van der Waals surface area contributed by atoms with Gasteiger partial charge in [0.1, 0.15) is 11.4 Å². The average molecular weight is 416 g/mol. The highest BCUT2D eigenvalue weighted by Crippen LogP contribution is 2.69. The minimum Gasteiger partial charge on any atom is -0.476 e. The van der Waals surface area contributed by atoms with E-state index in [-0.39, 0.29) is 17.9 Å². The molecule has 3 heterocycles. The Labute approximate surface area is 178 Å². The van der Waals surface area contributed by atoms with Crippen LogP contribution in [0.2, 0.25) is 5.02 Å². The number of nitrogens with zero attached hydrogens (tertiary/aromatic N) is 2. The van der Waals surface area contributed by atoms with Gasteiger partial charge in [0.25, 0.3) is 0 Å². The predicted molar refractivity (Wildman–Crippen MR) is 111 cm³/mol. The number of fused-ring (bicyclic) bond motifs is 5. The molecule has 6 rings (SSSR count). The lowest BCUT2D eigenvalue weighted by Crippen LogP contribution is -2.61. The summed E-state index contributed by atoms with van der Waals surface area (Å²) < 4.78 is 6.69. The summed E-state index contributed by atoms with van der Waals surface area (Å²) in [6.07, 6.45) is 1.56. The summed E-state index contributed by atoms with van der Waals surface area (Å²) in [4.78, 5) is 4.53. The van der Waals surface area contributed by atoms with Crippen molar-refractivity contribution >= 4 is 11.6 Å². The largest absolute Gasteiger partial charge is 0.476 e. The number of nitriles is 1. The van der Waals surface area contributed by atoms with Crippen LogP contribution in [0.5, 0.6) is 5.75 Å². The number of pyridine rings is 1. The van der Waals surface area contributed by atoms with Crippen LogP contribution in [-0.2, 0) is 11.2 Å². The van der Waals surface area contributed by atoms with Gasteiger partial charge >= 0.3 is 0 Å². The first kappa shape index (κ1) is 17.9. The second-order valence-electron chi connectivity index (χ2n) is 8.23. The molecular weight excluding hydrogens is 398 g/mol. The molecule has 1 aromatic heterocycles. The molecule has 2 aromatic carbocycles. The number of rotatable bonds is 2. The van der Waals surface area contributed by atoms with Crippen molar-refractivity contribution in [1.82, 2.24) is 10.3 Å². The highest BCUT2D eigenvalue weighted by atomic mass is 35.5. The summed E-state index contributed by atoms with van der Waals surface area (Å²) in [5.41, 5.74) is 0.546. The van der Waals surface area contributed by atoms with Crippen molar-refractivity contribution in [3.8, 4) is 11.8 Å². The number of benzene rings is 2. The smallest absolute Gasteiger partial charge is 0.177 e. The first-order valence-corrected chi connectivity index (χ1v) is 10.3. The zero-order chi connectivity index (χ0) is 20.5. The molecule has 3 aromatic rings. The predicted octanol–water partition coefficient (Wildman–Crippen LogP) is 3.47. The number of hydrogen-bond donors (Lipinski definition) is 2. The molecule has 0 radical (unpaired) electrons. The molecule has 1 saturated heterocycles. The fourth-order valence-electron chi connectivity index (χ4n) is 5.72. The third kappa shape index (κ3) is 2.01. The fourth-order valence-corrected chi connectivity index (χ4v) is 5.87. The van der Waals surface area contributed by atoms with Gasteiger partial charge in [-0.1, -0.05) is 54.1 Å². The molecule has 2 N–H and O–H groups in total. The van der Waals surface area contributed by atoms with Gasteiger partial charge in [0.05, 0.1) is 22.7 Å². The Morgan fingerprint density at radius 1 is 1.17 bits per heavy atom. The topological polar surface area (TPSA) is 78.2 Å². The van der Waals surface area contributed by atoms with Crippen molar-refractivity contribution in [2.75, 3.05) is 6.54 Å². The Morgan fingerprint density at radius 2 is 1.93 bits per heavy atom. The fraction of sp³-hybridized carbons (Fsp3) is 0.250. The van der Waals surface area contributed by atoms with Gasteiger partial charge in [0.2, 0.25) is 0 Å². The molecule has 0 unspecified atom stereocenters. The molecule has 30 heavy (non-hydrogen) atoms. The van der Waals surface area contributed by atoms with Gasteiger partial charge in [-0.3, -0.25) is 4.98 Å². The van der Waals surface area contributed by atoms with Crippen LogP contribution < -0.4 is 10.1 Å². The maximum absolute atomic E-state index is 12.4. The number of hydrogen-bond acceptors (Lipinski definition) is 5. The molecule has 1 aliphatic carbocycles. The van der Waals surface area contributed by atoms with Crippen molar-refractivity contribution in [1.29, 1.82) is 5.26 Å². The highest BCUT2D eigenvalue weighted by Gasteiger charge is 2.78. The molecule has 2 aliphatic heterocycles. The van der Waals surface area contributed by atoms with Gasteiger partial charge in [-0.25, -0.2) is 0 Å². The molecule has 5 atom stereocenters. The molecule has 3 aliphatic rings. The van der Waals surface area contributed by atoms with Gasteiger partial charge in [-0.15, -0.1) is 0 Å². The first-order chi connectivity index (χ1) is 14.6. The van der Waals surface area contributed by atoms with Crippen LogP contribution >= 0.6 is 11.6 Å². The normalized spacial score (nSPS) is 32.9. The van der Waals surface area contributed by atoms with E-state index in [2.05, 4.69) is 28.5 Å². The van der Waals surface area contributed by atoms with E-state index in [1.807, 2.05) is 30.3 Å². The van der Waals surface area contributed by atoms with Crippen LogP contribution in [0.4, 0.5) is 0 Å². The molecular formula is C24H18ClN3O2. The van der Waals surface area contributed by atoms with E-state index >= 15 is 0 Å². The molecule has 0 spiro atoms. The van der Waals surface area contributed by atoms with E-state index in [1.54, 1.807) is 24.4 Å². The zero-order valence-electron chi connectivity index (χ0n) is 15.9. The van der Waals surface area contributed by atoms with Gasteiger partial charge in [0, 0.05) is 30.6 Å². The van der Waals surface area contributed by atoms with E-state index in [1.165, 1.54) is 0 Å². The Hall–Kier alpha value is -2.91. The third-order valence-corrected chi connectivity index (χ3v) is 7.14. The lowest BCUT2D eigenvalue weighted by atomic mass is 9.72. The van der Waals surface area contributed by atoms with Gasteiger partial charge in [-0.05, 0) is 23.3 Å². The standard InChI is InChI=1S/C24H18ClN3O2/c25-17-10-19-22(27-12-17)23(29)21-18(13-28-21)20(15-4-2-1-3-5-15)24(23,30-19)16-8-6-14(11-26)7-9-16/h1-10,12,18,20-21,28-29H,13H2/t18-,20-,21-,23+,24+/m1/s1. The maximum atomic E-state index is 12.4. The third-order valence-electron chi connectivity index (χ3n) is 6.94. The Bertz CT molecular complexity index is 1190. The summed E-state index contributed by atoms with van der Waals surface area (Å²) in [6.45, 7) is 0.789. The number of aromatic nitrogens is 1. The van der Waals surface area contributed by atoms with Crippen LogP contribution in [0.1, 0.15) is 28.3 Å². The Kier molecular flexibility index (Phi) is 3.61. The maximum Gasteiger partial charge on any atom is 0.177 e. The minimum absolute atomic E-state index is 0.101. The van der Waals surface area contributed by atoms with E-state index in [9.17, 15) is 10.4 Å². The molecule has 0 bridgehead atoms. The van der Waals surface area contributed by atoms with E-state index in [0.29, 0.717) is 22.0 Å². The van der Waals surface area contributed by atoms with Crippen molar-refractivity contribution in [3.63, 3.8) is 0 Å². The van der Waals surface area contributed by atoms with Crippen molar-refractivity contribution in [2.45, 2.75) is 23.2 Å². The van der Waals surface area contributed by atoms with Gasteiger partial charge < -0.3 is 15.2 Å². The molecule has 6 heteroatoms. The van der Waals surface area contributed by atoms with E-state index < -0.39 is 11.2 Å². The second kappa shape index (κ2) is 6.05. The summed E-state index contributed by atoms with van der Waals surface area (Å²) in [7, 11) is 0. The molecule has 5 nitrogen and oxygen atoms in total. The molecule has 0 amide bonds. The Balaban J connectivity index is 1.65. The van der Waals surface area contributed by atoms with Crippen LogP contribution in [0, 0.1) is 17.2 Å². The summed E-state index contributed by atoms with van der Waals surface area (Å²) in [5.74, 6) is 0.581. The zero-order valence-corrected chi connectivity index (χ0v) is 16.7. The monoisotopic (exact) mass is 415 g/mol. The molecule has 148 valence electrons. The molecule has 2 fully saturated rings. The highest BCUT2D eigenvalue weighted by molar-refractivity contribution is 6.30. The summed E-state index contributed by atoms with van der Waals surface area (Å²) in [5, 5.41) is 25.5. The Morgan fingerprint density at radius 3 is 2.60 bits per heavy atom. The quantitative estimate of drug-likeness (QED) is 0.670. The van der Waals surface area contributed by atoms with E-state index in [4.69, 9.17) is 16.3 Å². The first-order valence-electron chi connectivity index (χ1n) is 9.96. The average Bonchev–Trinajstić information content (AvgIpc) is 3.07. The van der Waals surface area contributed by atoms with Crippen LogP contribution in [-0.4, -0.2) is 22.7 Å². The lowest BCUT2D eigenvalue weighted by Gasteiger charge is -2.41. The van der Waals surface area contributed by atoms with Crippen molar-refractivity contribution in [3.05, 3.63) is 94.3 Å². The van der Waals surface area contributed by atoms with E-state index in [0.717, 1.165) is 17.7 Å². The minimum atomic E-state index is -1.37. The van der Waals surface area contributed by atoms with Gasteiger partial charge in [0.15, 0.2) is 11.2 Å². The second-order valence-corrected chi connectivity index (χ2v) is 8.67. The van der Waals surface area contributed by atoms with Crippen LogP contribution in [0.15, 0.2) is 66.9 Å². The summed E-state index contributed by atoms with van der Waals surface area (Å²) in [6, 6.07) is 21.2. The summed E-state index contributed by atoms with van der Waals surface area (Å²) >= 11 is 6.21. The number of halogens is 1. The number of ether oxygens (including phenoxy) is 1. The SMILES string of the molecule is N#Cc1ccc([C@@]23Oc4cc(Cl)cnc4[C@@]2(O)[C@@H]2NC[C@@H]2[C@H]3c2ccccc2)cc1. The molecule has 1 saturated carbocycles. The van der Waals surface area contributed by atoms with Crippen molar-refractivity contribution in [2.24, 2.45) is 5.92 Å². The van der Waals surface area contributed by atoms with Crippen LogP contribution in [0.25, 0.3) is 0 Å². The lowest BCUT2D eigenvalue weighted by molar-refractivity contribution is -0.121. The number of nitrogens with one attached hydrogen (secondary N) is 1.